The molecular weight excluding hydrogens is 316 g/mol. The van der Waals surface area contributed by atoms with Crippen molar-refractivity contribution < 1.29 is 14.6 Å². The summed E-state index contributed by atoms with van der Waals surface area (Å²) in [5.41, 5.74) is 1.39. The minimum atomic E-state index is -0.514. The minimum Gasteiger partial charge on any atom is -0.491 e. The summed E-state index contributed by atoms with van der Waals surface area (Å²) in [5.74, 6) is 0.820. The van der Waals surface area contributed by atoms with Gasteiger partial charge in [0.15, 0.2) is 0 Å². The minimum absolute atomic E-state index is 0.0318. The number of aliphatic hydroxyl groups excluding tert-OH is 1. The van der Waals surface area contributed by atoms with Crippen molar-refractivity contribution in [1.29, 1.82) is 0 Å². The third-order valence-electron chi connectivity index (χ3n) is 4.63. The van der Waals surface area contributed by atoms with E-state index in [1.807, 2.05) is 12.1 Å². The van der Waals surface area contributed by atoms with Crippen LogP contribution in [0.15, 0.2) is 24.3 Å². The molecule has 1 fully saturated rings. The van der Waals surface area contributed by atoms with E-state index >= 15 is 0 Å². The van der Waals surface area contributed by atoms with Crippen LogP contribution >= 0.6 is 0 Å². The molecule has 5 heteroatoms. The van der Waals surface area contributed by atoms with Gasteiger partial charge in [-0.15, -0.1) is 0 Å². The van der Waals surface area contributed by atoms with E-state index in [1.165, 1.54) is 5.56 Å². The van der Waals surface area contributed by atoms with Gasteiger partial charge in [-0.25, -0.2) is 0 Å². The molecule has 0 bridgehead atoms. The lowest BCUT2D eigenvalue weighted by molar-refractivity contribution is -0.120. The quantitative estimate of drug-likeness (QED) is 0.828. The normalized spacial score (nSPS) is 18.0. The first kappa shape index (κ1) is 19.7. The van der Waals surface area contributed by atoms with Crippen LogP contribution in [-0.2, 0) is 10.2 Å². The second-order valence-corrected chi connectivity index (χ2v) is 8.01. The first-order valence-electron chi connectivity index (χ1n) is 9.15. The Morgan fingerprint density at radius 2 is 1.88 bits per heavy atom. The Labute approximate surface area is 151 Å². The van der Waals surface area contributed by atoms with Crippen molar-refractivity contribution in [2.45, 2.75) is 58.1 Å². The zero-order valence-corrected chi connectivity index (χ0v) is 15.9. The highest BCUT2D eigenvalue weighted by Gasteiger charge is 2.21. The van der Waals surface area contributed by atoms with Crippen LogP contribution in [-0.4, -0.2) is 54.3 Å². The lowest BCUT2D eigenvalue weighted by atomic mass is 9.87. The van der Waals surface area contributed by atoms with Crippen molar-refractivity contribution in [3.05, 3.63) is 29.8 Å². The third kappa shape index (κ3) is 6.67. The molecule has 1 aromatic carbocycles. The lowest BCUT2D eigenvalue weighted by Crippen LogP contribution is -2.46. The Kier molecular flexibility index (Phi) is 6.85. The summed E-state index contributed by atoms with van der Waals surface area (Å²) in [7, 11) is 0. The molecule has 1 aromatic rings. The molecule has 2 rings (SSSR count). The topological polar surface area (TPSA) is 61.8 Å². The number of benzene rings is 1. The number of nitrogens with one attached hydrogen (secondary N) is 1. The van der Waals surface area contributed by atoms with Crippen LogP contribution in [0.4, 0.5) is 0 Å². The molecule has 1 heterocycles. The molecule has 1 unspecified atom stereocenters. The van der Waals surface area contributed by atoms with Gasteiger partial charge in [0, 0.05) is 32.6 Å². The van der Waals surface area contributed by atoms with Crippen molar-refractivity contribution in [2.75, 3.05) is 26.2 Å². The molecule has 5 nitrogen and oxygen atoms in total. The van der Waals surface area contributed by atoms with Gasteiger partial charge >= 0.3 is 0 Å². The van der Waals surface area contributed by atoms with Gasteiger partial charge in [-0.2, -0.15) is 0 Å². The monoisotopic (exact) mass is 348 g/mol. The zero-order valence-electron chi connectivity index (χ0n) is 15.9. The molecule has 0 aliphatic carbocycles. The number of likely N-dealkylation sites (tertiary alicyclic amines) is 1. The number of rotatable bonds is 6. The lowest BCUT2D eigenvalue weighted by Gasteiger charge is -2.33. The molecule has 1 saturated heterocycles. The predicted molar refractivity (Wildman–Crippen MR) is 99.9 cm³/mol. The number of aliphatic hydroxyl groups is 1. The van der Waals surface area contributed by atoms with Crippen LogP contribution in [0.5, 0.6) is 5.75 Å². The summed E-state index contributed by atoms with van der Waals surface area (Å²) in [5, 5.41) is 13.2. The average Bonchev–Trinajstić information content (AvgIpc) is 2.54. The Bertz CT molecular complexity index is 543. The number of piperidine rings is 1. The Balaban J connectivity index is 1.71. The van der Waals surface area contributed by atoms with E-state index in [9.17, 15) is 9.90 Å². The average molecular weight is 348 g/mol. The molecule has 2 N–H and O–H groups in total. The van der Waals surface area contributed by atoms with Crippen molar-refractivity contribution in [2.24, 2.45) is 0 Å². The maximum Gasteiger partial charge on any atom is 0.217 e. The Hall–Kier alpha value is -1.59. The number of carbonyl (C=O) groups excluding carboxylic acids is 1. The van der Waals surface area contributed by atoms with E-state index < -0.39 is 6.10 Å². The molecular formula is C20H32N2O3. The summed E-state index contributed by atoms with van der Waals surface area (Å²) in [4.78, 5) is 13.3. The zero-order chi connectivity index (χ0) is 18.4. The molecule has 1 aliphatic heterocycles. The molecule has 0 aromatic heterocycles. The molecule has 1 atom stereocenters. The molecule has 0 radical (unpaired) electrons. The van der Waals surface area contributed by atoms with E-state index in [0.717, 1.165) is 31.7 Å². The van der Waals surface area contributed by atoms with Crippen LogP contribution in [0.25, 0.3) is 0 Å². The van der Waals surface area contributed by atoms with Gasteiger partial charge in [-0.05, 0) is 36.0 Å². The van der Waals surface area contributed by atoms with Crippen LogP contribution in [0, 0.1) is 0 Å². The largest absolute Gasteiger partial charge is 0.491 e. The molecule has 140 valence electrons. The molecule has 0 spiro atoms. The second kappa shape index (κ2) is 8.68. The molecule has 0 saturated carbocycles. The third-order valence-corrected chi connectivity index (χ3v) is 4.63. The fourth-order valence-corrected chi connectivity index (χ4v) is 3.14. The van der Waals surface area contributed by atoms with Crippen LogP contribution in [0.3, 0.4) is 0 Å². The number of amides is 1. The standard InChI is InChI=1S/C20H32N2O3/c1-15(23)21-17-9-11-22(12-10-17)13-18(24)14-25-19-7-5-16(6-8-19)20(2,3)4/h5-8,17-18,24H,9-14H2,1-4H3,(H,21,23). The van der Waals surface area contributed by atoms with E-state index in [4.69, 9.17) is 4.74 Å². The van der Waals surface area contributed by atoms with Crippen molar-refractivity contribution in [3.63, 3.8) is 0 Å². The predicted octanol–water partition coefficient (Wildman–Crippen LogP) is 2.32. The number of hydrogen-bond acceptors (Lipinski definition) is 4. The smallest absolute Gasteiger partial charge is 0.217 e. The van der Waals surface area contributed by atoms with Gasteiger partial charge in [0.25, 0.3) is 0 Å². The number of hydrogen-bond donors (Lipinski definition) is 2. The van der Waals surface area contributed by atoms with Gasteiger partial charge in [0.2, 0.25) is 5.91 Å². The molecule has 1 aliphatic rings. The summed E-state index contributed by atoms with van der Waals surface area (Å²) in [6.07, 6.45) is 1.35. The molecule has 1 amide bonds. The Morgan fingerprint density at radius 3 is 2.40 bits per heavy atom. The van der Waals surface area contributed by atoms with Gasteiger partial charge in [0.1, 0.15) is 18.5 Å². The first-order valence-corrected chi connectivity index (χ1v) is 9.15. The van der Waals surface area contributed by atoms with Gasteiger partial charge in [-0.1, -0.05) is 32.9 Å². The van der Waals surface area contributed by atoms with Gasteiger partial charge in [0.05, 0.1) is 0 Å². The van der Waals surface area contributed by atoms with Crippen LogP contribution in [0.2, 0.25) is 0 Å². The molecule has 25 heavy (non-hydrogen) atoms. The fraction of sp³-hybridized carbons (Fsp3) is 0.650. The van der Waals surface area contributed by atoms with E-state index in [2.05, 4.69) is 43.1 Å². The van der Waals surface area contributed by atoms with Crippen molar-refractivity contribution in [1.82, 2.24) is 10.2 Å². The number of carbonyl (C=O) groups is 1. The summed E-state index contributed by atoms with van der Waals surface area (Å²) in [6, 6.07) is 8.35. The van der Waals surface area contributed by atoms with Crippen molar-refractivity contribution >= 4 is 5.91 Å². The highest BCUT2D eigenvalue weighted by molar-refractivity contribution is 5.73. The van der Waals surface area contributed by atoms with E-state index in [1.54, 1.807) is 6.92 Å². The van der Waals surface area contributed by atoms with Crippen molar-refractivity contribution in [3.8, 4) is 5.75 Å². The van der Waals surface area contributed by atoms with Gasteiger partial charge in [-0.3, -0.25) is 4.79 Å². The second-order valence-electron chi connectivity index (χ2n) is 8.01. The fourth-order valence-electron chi connectivity index (χ4n) is 3.14. The highest BCUT2D eigenvalue weighted by atomic mass is 16.5. The summed E-state index contributed by atoms with van der Waals surface area (Å²) < 4.78 is 5.72. The maximum atomic E-state index is 11.1. The summed E-state index contributed by atoms with van der Waals surface area (Å²) in [6.45, 7) is 10.8. The summed E-state index contributed by atoms with van der Waals surface area (Å²) >= 11 is 0. The van der Waals surface area contributed by atoms with E-state index in [-0.39, 0.29) is 17.4 Å². The van der Waals surface area contributed by atoms with Crippen LogP contribution < -0.4 is 10.1 Å². The first-order chi connectivity index (χ1) is 11.7. The number of nitrogens with zero attached hydrogens (tertiary/aromatic N) is 1. The van der Waals surface area contributed by atoms with Gasteiger partial charge < -0.3 is 20.1 Å². The number of ether oxygens (including phenoxy) is 1. The van der Waals surface area contributed by atoms with Crippen LogP contribution in [0.1, 0.15) is 46.1 Å². The SMILES string of the molecule is CC(=O)NC1CCN(CC(O)COc2ccc(C(C)(C)C)cc2)CC1. The highest BCUT2D eigenvalue weighted by Crippen LogP contribution is 2.24. The number of β-amino-alcohol motifs (C(OH)–C–C–N with tert-alkyl or cyclic N) is 1. The Morgan fingerprint density at radius 1 is 1.28 bits per heavy atom. The van der Waals surface area contributed by atoms with E-state index in [0.29, 0.717) is 13.2 Å². The maximum absolute atomic E-state index is 11.1.